The largest absolute Gasteiger partial charge is 0.378 e. The molecule has 0 unspecified atom stereocenters. The number of rotatable bonds is 3. The molecule has 5 rings (SSSR count). The van der Waals surface area contributed by atoms with Crippen molar-refractivity contribution in [3.05, 3.63) is 42.2 Å². The average Bonchev–Trinajstić information content (AvgIpc) is 3.28. The van der Waals surface area contributed by atoms with Crippen LogP contribution in [-0.4, -0.2) is 71.5 Å². The zero-order valence-electron chi connectivity index (χ0n) is 16.1. The van der Waals surface area contributed by atoms with E-state index in [0.29, 0.717) is 0 Å². The van der Waals surface area contributed by atoms with Gasteiger partial charge in [0.25, 0.3) is 0 Å². The van der Waals surface area contributed by atoms with Gasteiger partial charge in [0.2, 0.25) is 0 Å². The number of H-pyrrole nitrogens is 1. The van der Waals surface area contributed by atoms with Crippen LogP contribution in [0.5, 0.6) is 0 Å². The zero-order chi connectivity index (χ0) is 18.9. The predicted octanol–water partition coefficient (Wildman–Crippen LogP) is 2.58. The van der Waals surface area contributed by atoms with Crippen molar-refractivity contribution in [1.82, 2.24) is 25.1 Å². The van der Waals surface area contributed by atoms with Gasteiger partial charge in [-0.25, -0.2) is 4.98 Å². The van der Waals surface area contributed by atoms with Crippen LogP contribution in [0.3, 0.4) is 0 Å². The van der Waals surface area contributed by atoms with Crippen LogP contribution in [0.25, 0.3) is 27.9 Å². The molecule has 0 atom stereocenters. The summed E-state index contributed by atoms with van der Waals surface area (Å²) in [7, 11) is 2.16. The highest BCUT2D eigenvalue weighted by atomic mass is 16.5. The summed E-state index contributed by atoms with van der Waals surface area (Å²) in [5.41, 5.74) is 5.32. The van der Waals surface area contributed by atoms with E-state index in [1.54, 1.807) is 6.20 Å². The Kier molecular flexibility index (Phi) is 4.54. The fourth-order valence-corrected chi connectivity index (χ4v) is 3.96. The number of pyridine rings is 2. The van der Waals surface area contributed by atoms with E-state index in [-0.39, 0.29) is 0 Å². The molecule has 0 bridgehead atoms. The van der Waals surface area contributed by atoms with E-state index in [4.69, 9.17) is 9.72 Å². The summed E-state index contributed by atoms with van der Waals surface area (Å²) in [6, 6.07) is 6.28. The Balaban J connectivity index is 1.71. The summed E-state index contributed by atoms with van der Waals surface area (Å²) < 4.78 is 5.54. The predicted molar refractivity (Wildman–Crippen MR) is 110 cm³/mol. The second kappa shape index (κ2) is 7.33. The highest BCUT2D eigenvalue weighted by Crippen LogP contribution is 2.34. The molecule has 7 nitrogen and oxygen atoms in total. The van der Waals surface area contributed by atoms with E-state index in [1.165, 1.54) is 11.1 Å². The third-order valence-corrected chi connectivity index (χ3v) is 5.56. The van der Waals surface area contributed by atoms with Crippen molar-refractivity contribution in [1.29, 1.82) is 0 Å². The number of fused-ring (bicyclic) bond motifs is 1. The van der Waals surface area contributed by atoms with Gasteiger partial charge in [0.05, 0.1) is 18.9 Å². The number of nitrogens with one attached hydrogen (secondary N) is 1. The van der Waals surface area contributed by atoms with E-state index < -0.39 is 0 Å². The molecule has 5 heterocycles. The minimum atomic E-state index is 0.739. The quantitative estimate of drug-likeness (QED) is 0.758. The Hall–Kier alpha value is -2.77. The van der Waals surface area contributed by atoms with Gasteiger partial charge in [-0.15, -0.1) is 0 Å². The van der Waals surface area contributed by atoms with Crippen LogP contribution in [0.1, 0.15) is 12.0 Å². The van der Waals surface area contributed by atoms with Crippen molar-refractivity contribution < 1.29 is 4.74 Å². The zero-order valence-corrected chi connectivity index (χ0v) is 16.1. The van der Waals surface area contributed by atoms with Crippen molar-refractivity contribution in [2.75, 3.05) is 51.3 Å². The summed E-state index contributed by atoms with van der Waals surface area (Å²) >= 11 is 0. The number of ether oxygens (including phenoxy) is 1. The first-order valence-electron chi connectivity index (χ1n) is 9.80. The summed E-state index contributed by atoms with van der Waals surface area (Å²) in [4.78, 5) is 14.3. The maximum atomic E-state index is 5.54. The maximum Gasteiger partial charge on any atom is 0.130 e. The second-order valence-electron chi connectivity index (χ2n) is 7.40. The van der Waals surface area contributed by atoms with Gasteiger partial charge in [0, 0.05) is 44.0 Å². The highest BCUT2D eigenvalue weighted by Gasteiger charge is 2.20. The number of aromatic nitrogens is 4. The first-order valence-corrected chi connectivity index (χ1v) is 9.80. The summed E-state index contributed by atoms with van der Waals surface area (Å²) in [6.07, 6.45) is 7.01. The molecule has 1 N–H and O–H groups in total. The molecule has 7 heteroatoms. The minimum absolute atomic E-state index is 0.739. The summed E-state index contributed by atoms with van der Waals surface area (Å²) in [5.74, 6) is 0.999. The average molecular weight is 376 g/mol. The molecular weight excluding hydrogens is 352 g/mol. The van der Waals surface area contributed by atoms with Crippen LogP contribution >= 0.6 is 0 Å². The van der Waals surface area contributed by atoms with Gasteiger partial charge in [-0.2, -0.15) is 5.10 Å². The Morgan fingerprint density at radius 2 is 2.00 bits per heavy atom. The lowest BCUT2D eigenvalue weighted by atomic mass is 9.95. The highest BCUT2D eigenvalue weighted by molar-refractivity contribution is 5.99. The third-order valence-electron chi connectivity index (χ3n) is 5.56. The molecule has 1 saturated heterocycles. The molecule has 0 aliphatic carbocycles. The first-order chi connectivity index (χ1) is 13.8. The lowest BCUT2D eigenvalue weighted by Crippen LogP contribution is -2.36. The minimum Gasteiger partial charge on any atom is -0.378 e. The molecule has 0 amide bonds. The number of nitrogens with zero attached hydrogens (tertiary/aromatic N) is 5. The van der Waals surface area contributed by atoms with Gasteiger partial charge >= 0.3 is 0 Å². The fraction of sp³-hybridized carbons (Fsp3) is 0.381. The summed E-state index contributed by atoms with van der Waals surface area (Å²) in [5, 5.41) is 8.29. The van der Waals surface area contributed by atoms with E-state index in [0.717, 1.165) is 73.9 Å². The molecule has 3 aromatic heterocycles. The topological polar surface area (TPSA) is 70.2 Å². The maximum absolute atomic E-state index is 5.54. The van der Waals surface area contributed by atoms with E-state index in [1.807, 2.05) is 12.3 Å². The van der Waals surface area contributed by atoms with Crippen molar-refractivity contribution in [3.63, 3.8) is 0 Å². The van der Waals surface area contributed by atoms with Crippen LogP contribution in [0, 0.1) is 0 Å². The Labute approximate surface area is 164 Å². The van der Waals surface area contributed by atoms with Crippen LogP contribution in [0.15, 0.2) is 36.7 Å². The number of hydrogen-bond donors (Lipinski definition) is 1. The molecule has 144 valence electrons. The van der Waals surface area contributed by atoms with Gasteiger partial charge in [-0.1, -0.05) is 6.08 Å². The van der Waals surface area contributed by atoms with E-state index >= 15 is 0 Å². The van der Waals surface area contributed by atoms with Gasteiger partial charge in [0.15, 0.2) is 0 Å². The molecular formula is C21H24N6O. The lowest BCUT2D eigenvalue weighted by Gasteiger charge is -2.29. The van der Waals surface area contributed by atoms with Crippen LogP contribution in [0.4, 0.5) is 5.82 Å². The SMILES string of the molecule is CN1CC=C(c2cc(N3CCOCC3)nc3c(-c4ccn[nH]4)nccc23)CC1. The van der Waals surface area contributed by atoms with Crippen molar-refractivity contribution in [2.24, 2.45) is 0 Å². The van der Waals surface area contributed by atoms with E-state index in [2.05, 4.69) is 50.2 Å². The van der Waals surface area contributed by atoms with Crippen molar-refractivity contribution in [2.45, 2.75) is 6.42 Å². The monoisotopic (exact) mass is 376 g/mol. The number of likely N-dealkylation sites (N-methyl/N-ethyl adjacent to an activating group) is 1. The molecule has 28 heavy (non-hydrogen) atoms. The van der Waals surface area contributed by atoms with Gasteiger partial charge in [-0.05, 0) is 42.8 Å². The molecule has 0 radical (unpaired) electrons. The Bertz CT molecular complexity index is 1010. The fourth-order valence-electron chi connectivity index (χ4n) is 3.96. The van der Waals surface area contributed by atoms with Crippen molar-refractivity contribution in [3.8, 4) is 11.4 Å². The Morgan fingerprint density at radius 3 is 2.75 bits per heavy atom. The molecule has 2 aliphatic heterocycles. The first kappa shape index (κ1) is 17.3. The number of aromatic amines is 1. The van der Waals surface area contributed by atoms with Gasteiger partial charge in [0.1, 0.15) is 17.0 Å². The number of morpholine rings is 1. The van der Waals surface area contributed by atoms with Gasteiger partial charge in [-0.3, -0.25) is 10.1 Å². The standard InChI is InChI=1S/C21H24N6O/c1-26-8-4-15(5-9-26)17-14-19(27-10-12-28-13-11-27)24-20-16(17)2-6-22-21(20)18-3-7-23-25-18/h2-4,6-7,14H,5,8-13H2,1H3,(H,23,25). The third kappa shape index (κ3) is 3.16. The van der Waals surface area contributed by atoms with Crippen molar-refractivity contribution >= 4 is 22.3 Å². The molecule has 3 aromatic rings. The molecule has 0 saturated carbocycles. The van der Waals surface area contributed by atoms with Crippen LogP contribution in [0.2, 0.25) is 0 Å². The van der Waals surface area contributed by atoms with Gasteiger partial charge < -0.3 is 14.5 Å². The lowest BCUT2D eigenvalue weighted by molar-refractivity contribution is 0.122. The normalized spacial score (nSPS) is 18.5. The molecule has 2 aliphatic rings. The van der Waals surface area contributed by atoms with E-state index in [9.17, 15) is 0 Å². The van der Waals surface area contributed by atoms with Crippen LogP contribution in [-0.2, 0) is 4.74 Å². The summed E-state index contributed by atoms with van der Waals surface area (Å²) in [6.45, 7) is 5.25. The van der Waals surface area contributed by atoms with Crippen LogP contribution < -0.4 is 4.90 Å². The number of anilines is 1. The smallest absolute Gasteiger partial charge is 0.130 e. The molecule has 1 fully saturated rings. The Morgan fingerprint density at radius 1 is 1.11 bits per heavy atom. The second-order valence-corrected chi connectivity index (χ2v) is 7.40. The molecule has 0 spiro atoms. The number of hydrogen-bond acceptors (Lipinski definition) is 6. The molecule has 0 aromatic carbocycles.